The van der Waals surface area contributed by atoms with Crippen LogP contribution in [0, 0.1) is 12.7 Å². The van der Waals surface area contributed by atoms with Crippen LogP contribution in [0.15, 0.2) is 42.5 Å². The number of aliphatic hydroxyl groups excluding tert-OH is 1. The average molecular weight is 289 g/mol. The summed E-state index contributed by atoms with van der Waals surface area (Å²) in [6.07, 6.45) is -0.769. The van der Waals surface area contributed by atoms with Gasteiger partial charge < -0.3 is 15.6 Å². The largest absolute Gasteiger partial charge is 0.496 e. The van der Waals surface area contributed by atoms with E-state index in [1.165, 1.54) is 12.1 Å². The molecule has 3 nitrogen and oxygen atoms in total. The van der Waals surface area contributed by atoms with Gasteiger partial charge in [-0.2, -0.15) is 0 Å². The Balaban J connectivity index is 2.31. The molecule has 0 radical (unpaired) electrons. The van der Waals surface area contributed by atoms with E-state index in [4.69, 9.17) is 10.5 Å². The summed E-state index contributed by atoms with van der Waals surface area (Å²) in [7, 11) is 1.60. The number of hydrogen-bond acceptors (Lipinski definition) is 3. The minimum Gasteiger partial charge on any atom is -0.496 e. The lowest BCUT2D eigenvalue weighted by molar-refractivity contribution is 0.147. The van der Waals surface area contributed by atoms with Crippen LogP contribution in [0.5, 0.6) is 5.75 Å². The maximum Gasteiger partial charge on any atom is 0.123 e. The van der Waals surface area contributed by atoms with Crippen LogP contribution in [0.2, 0.25) is 0 Å². The zero-order chi connectivity index (χ0) is 15.4. The van der Waals surface area contributed by atoms with Crippen molar-refractivity contribution in [3.8, 4) is 5.75 Å². The number of benzene rings is 2. The third-order valence-electron chi connectivity index (χ3n) is 3.71. The first-order chi connectivity index (χ1) is 10.1. The molecule has 0 heterocycles. The Hall–Kier alpha value is -1.91. The number of halogens is 1. The first-order valence-electron chi connectivity index (χ1n) is 6.85. The van der Waals surface area contributed by atoms with E-state index in [9.17, 15) is 9.50 Å². The van der Waals surface area contributed by atoms with Gasteiger partial charge >= 0.3 is 0 Å². The number of aliphatic hydroxyl groups is 1. The van der Waals surface area contributed by atoms with Crippen molar-refractivity contribution in [1.82, 2.24) is 0 Å². The topological polar surface area (TPSA) is 55.5 Å². The highest BCUT2D eigenvalue weighted by molar-refractivity contribution is 5.38. The van der Waals surface area contributed by atoms with Crippen molar-refractivity contribution in [2.45, 2.75) is 18.9 Å². The second-order valence-corrected chi connectivity index (χ2v) is 5.07. The van der Waals surface area contributed by atoms with E-state index in [1.54, 1.807) is 19.2 Å². The second kappa shape index (κ2) is 6.70. The molecule has 0 aromatic heterocycles. The Morgan fingerprint density at radius 2 is 1.76 bits per heavy atom. The summed E-state index contributed by atoms with van der Waals surface area (Å²) >= 11 is 0. The molecular formula is C17H20FNO2. The van der Waals surface area contributed by atoms with Gasteiger partial charge in [-0.25, -0.2) is 4.39 Å². The number of rotatable bonds is 5. The fourth-order valence-corrected chi connectivity index (χ4v) is 2.41. The van der Waals surface area contributed by atoms with E-state index in [-0.39, 0.29) is 18.3 Å². The van der Waals surface area contributed by atoms with Crippen LogP contribution < -0.4 is 10.5 Å². The molecule has 0 fully saturated rings. The molecule has 2 atom stereocenters. The van der Waals surface area contributed by atoms with Gasteiger partial charge in [0.2, 0.25) is 0 Å². The maximum atomic E-state index is 13.0. The zero-order valence-electron chi connectivity index (χ0n) is 12.2. The lowest BCUT2D eigenvalue weighted by Crippen LogP contribution is -2.20. The molecule has 0 aliphatic heterocycles. The van der Waals surface area contributed by atoms with Crippen molar-refractivity contribution >= 4 is 0 Å². The molecule has 0 aliphatic carbocycles. The standard InChI is InChI=1S/C17H20FNO2/c1-11-3-4-13(9-16(11)21-2)17(20)15(10-19)12-5-7-14(18)8-6-12/h3-9,15,17,20H,10,19H2,1-2H3. The first kappa shape index (κ1) is 15.5. The third kappa shape index (κ3) is 3.40. The summed E-state index contributed by atoms with van der Waals surface area (Å²) in [4.78, 5) is 0. The highest BCUT2D eigenvalue weighted by Crippen LogP contribution is 2.32. The highest BCUT2D eigenvalue weighted by atomic mass is 19.1. The molecule has 2 unspecified atom stereocenters. The van der Waals surface area contributed by atoms with E-state index in [2.05, 4.69) is 0 Å². The lowest BCUT2D eigenvalue weighted by atomic mass is 9.89. The molecule has 4 heteroatoms. The van der Waals surface area contributed by atoms with Gasteiger partial charge in [0.15, 0.2) is 0 Å². The van der Waals surface area contributed by atoms with E-state index in [0.717, 1.165) is 22.4 Å². The highest BCUT2D eigenvalue weighted by Gasteiger charge is 2.22. The van der Waals surface area contributed by atoms with Crippen LogP contribution in [0.1, 0.15) is 28.7 Å². The molecule has 2 rings (SSSR count). The number of nitrogens with two attached hydrogens (primary N) is 1. The molecule has 2 aromatic rings. The SMILES string of the molecule is COc1cc(C(O)C(CN)c2ccc(F)cc2)ccc1C. The summed E-state index contributed by atoms with van der Waals surface area (Å²) < 4.78 is 18.3. The molecule has 21 heavy (non-hydrogen) atoms. The Morgan fingerprint density at radius 1 is 1.14 bits per heavy atom. The predicted molar refractivity (Wildman–Crippen MR) is 80.9 cm³/mol. The minimum atomic E-state index is -0.769. The molecule has 3 N–H and O–H groups in total. The van der Waals surface area contributed by atoms with Gasteiger partial charge in [0, 0.05) is 12.5 Å². The van der Waals surface area contributed by atoms with Crippen molar-refractivity contribution in [3.05, 3.63) is 65.0 Å². The summed E-state index contributed by atoms with van der Waals surface area (Å²) in [5.74, 6) is 0.125. The summed E-state index contributed by atoms with van der Waals surface area (Å²) in [6, 6.07) is 11.6. The van der Waals surface area contributed by atoms with Crippen LogP contribution in [0.4, 0.5) is 4.39 Å². The molecule has 0 saturated carbocycles. The molecule has 112 valence electrons. The van der Waals surface area contributed by atoms with Gasteiger partial charge in [-0.15, -0.1) is 0 Å². The van der Waals surface area contributed by atoms with Crippen molar-refractivity contribution in [1.29, 1.82) is 0 Å². The van der Waals surface area contributed by atoms with E-state index in [0.29, 0.717) is 0 Å². The van der Waals surface area contributed by atoms with Crippen LogP contribution in [-0.2, 0) is 0 Å². The molecular weight excluding hydrogens is 269 g/mol. The van der Waals surface area contributed by atoms with Crippen LogP contribution >= 0.6 is 0 Å². The summed E-state index contributed by atoms with van der Waals surface area (Å²) in [5, 5.41) is 10.6. The Bertz CT molecular complexity index is 598. The van der Waals surface area contributed by atoms with Gasteiger partial charge in [-0.1, -0.05) is 24.3 Å². The van der Waals surface area contributed by atoms with Crippen molar-refractivity contribution in [2.75, 3.05) is 13.7 Å². The van der Waals surface area contributed by atoms with Crippen molar-refractivity contribution < 1.29 is 14.2 Å². The number of hydrogen-bond donors (Lipinski definition) is 2. The van der Waals surface area contributed by atoms with Gasteiger partial charge in [0.1, 0.15) is 11.6 Å². The van der Waals surface area contributed by atoms with Crippen LogP contribution in [-0.4, -0.2) is 18.8 Å². The zero-order valence-corrected chi connectivity index (χ0v) is 12.2. The normalized spacial score (nSPS) is 13.8. The molecule has 0 bridgehead atoms. The maximum absolute atomic E-state index is 13.0. The summed E-state index contributed by atoms with van der Waals surface area (Å²) in [5.41, 5.74) is 8.34. The monoisotopic (exact) mass is 289 g/mol. The number of aryl methyl sites for hydroxylation is 1. The minimum absolute atomic E-state index is 0.267. The van der Waals surface area contributed by atoms with Gasteiger partial charge in [-0.05, 0) is 41.8 Å². The molecule has 2 aromatic carbocycles. The van der Waals surface area contributed by atoms with Crippen LogP contribution in [0.25, 0.3) is 0 Å². The van der Waals surface area contributed by atoms with Crippen molar-refractivity contribution in [2.24, 2.45) is 5.73 Å². The van der Waals surface area contributed by atoms with E-state index in [1.807, 2.05) is 25.1 Å². The van der Waals surface area contributed by atoms with Crippen molar-refractivity contribution in [3.63, 3.8) is 0 Å². The molecule has 0 amide bonds. The van der Waals surface area contributed by atoms with E-state index < -0.39 is 6.10 Å². The Labute approximate surface area is 124 Å². The Kier molecular flexibility index (Phi) is 4.94. The summed E-state index contributed by atoms with van der Waals surface area (Å²) in [6.45, 7) is 2.21. The smallest absolute Gasteiger partial charge is 0.123 e. The van der Waals surface area contributed by atoms with E-state index >= 15 is 0 Å². The number of methoxy groups -OCH3 is 1. The quantitative estimate of drug-likeness (QED) is 0.890. The number of ether oxygens (including phenoxy) is 1. The third-order valence-corrected chi connectivity index (χ3v) is 3.71. The lowest BCUT2D eigenvalue weighted by Gasteiger charge is -2.23. The van der Waals surface area contributed by atoms with Gasteiger partial charge in [0.25, 0.3) is 0 Å². The molecule has 0 saturated heterocycles. The van der Waals surface area contributed by atoms with Gasteiger partial charge in [-0.3, -0.25) is 0 Å². The average Bonchev–Trinajstić information content (AvgIpc) is 2.50. The fraction of sp³-hybridized carbons (Fsp3) is 0.294. The van der Waals surface area contributed by atoms with Crippen LogP contribution in [0.3, 0.4) is 0 Å². The molecule has 0 spiro atoms. The fourth-order valence-electron chi connectivity index (χ4n) is 2.41. The van der Waals surface area contributed by atoms with Gasteiger partial charge in [0.05, 0.1) is 13.2 Å². The second-order valence-electron chi connectivity index (χ2n) is 5.07. The predicted octanol–water partition coefficient (Wildman–Crippen LogP) is 2.92. The molecule has 0 aliphatic rings. The Morgan fingerprint density at radius 3 is 2.33 bits per heavy atom. The first-order valence-corrected chi connectivity index (χ1v) is 6.85.